The molecule has 2 heterocycles. The number of hydrogen-bond acceptors (Lipinski definition) is 3. The van der Waals surface area contributed by atoms with Crippen LogP contribution in [0.2, 0.25) is 0 Å². The lowest BCUT2D eigenvalue weighted by Gasteiger charge is -2.11. The zero-order valence-corrected chi connectivity index (χ0v) is 10.4. The zero-order valence-electron chi connectivity index (χ0n) is 10.4. The highest BCUT2D eigenvalue weighted by Gasteiger charge is 2.29. The van der Waals surface area contributed by atoms with Crippen LogP contribution in [0.25, 0.3) is 11.0 Å². The Labute approximate surface area is 105 Å². The quantitative estimate of drug-likeness (QED) is 0.570. The lowest BCUT2D eigenvalue weighted by Crippen LogP contribution is -2.14. The van der Waals surface area contributed by atoms with Crippen molar-refractivity contribution in [3.8, 4) is 5.75 Å². The second kappa shape index (κ2) is 3.73. The van der Waals surface area contributed by atoms with E-state index < -0.39 is 0 Å². The molecule has 0 fully saturated rings. The van der Waals surface area contributed by atoms with E-state index >= 15 is 0 Å². The molecule has 1 atom stereocenters. The summed E-state index contributed by atoms with van der Waals surface area (Å²) in [5.74, 6) is 0.673. The average Bonchev–Trinajstić information content (AvgIpc) is 2.74. The Balaban J connectivity index is 2.33. The molecule has 0 N–H and O–H groups in total. The summed E-state index contributed by atoms with van der Waals surface area (Å²) in [6.45, 7) is 7.79. The van der Waals surface area contributed by atoms with E-state index in [0.29, 0.717) is 23.3 Å². The van der Waals surface area contributed by atoms with Gasteiger partial charge in [0, 0.05) is 6.42 Å². The van der Waals surface area contributed by atoms with E-state index in [-0.39, 0.29) is 11.7 Å². The summed E-state index contributed by atoms with van der Waals surface area (Å²) < 4.78 is 11.2. The van der Waals surface area contributed by atoms with Gasteiger partial charge < -0.3 is 9.15 Å². The molecule has 1 aliphatic rings. The fourth-order valence-electron chi connectivity index (χ4n) is 2.37. The van der Waals surface area contributed by atoms with Gasteiger partial charge in [0.1, 0.15) is 17.4 Å². The molecule has 3 nitrogen and oxygen atoms in total. The van der Waals surface area contributed by atoms with Crippen molar-refractivity contribution in [1.82, 2.24) is 0 Å². The van der Waals surface area contributed by atoms with Crippen LogP contribution in [0.1, 0.15) is 18.1 Å². The van der Waals surface area contributed by atoms with Crippen molar-refractivity contribution in [3.05, 3.63) is 51.9 Å². The standard InChI is InChI=1S/C15H14O3/c1-8(2)12-7-10-14(17-12)13-9(3)5-4-6-11(13)18-15(10)16/h4-6,12H,1,7H2,2-3H3/t12-/m1/s1. The Morgan fingerprint density at radius 2 is 2.22 bits per heavy atom. The monoisotopic (exact) mass is 242 g/mol. The van der Waals surface area contributed by atoms with Gasteiger partial charge >= 0.3 is 5.63 Å². The number of benzene rings is 1. The molecule has 0 aliphatic carbocycles. The summed E-state index contributed by atoms with van der Waals surface area (Å²) in [6, 6.07) is 5.65. The summed E-state index contributed by atoms with van der Waals surface area (Å²) in [7, 11) is 0. The van der Waals surface area contributed by atoms with Gasteiger partial charge in [0.25, 0.3) is 0 Å². The maximum atomic E-state index is 11.9. The van der Waals surface area contributed by atoms with Crippen LogP contribution in [0.5, 0.6) is 5.75 Å². The zero-order chi connectivity index (χ0) is 12.9. The average molecular weight is 242 g/mol. The van der Waals surface area contributed by atoms with Gasteiger partial charge in [0.15, 0.2) is 0 Å². The lowest BCUT2D eigenvalue weighted by atomic mass is 10.0. The minimum Gasteiger partial charge on any atom is -0.484 e. The molecule has 0 saturated heterocycles. The van der Waals surface area contributed by atoms with Gasteiger partial charge in [-0.05, 0) is 31.1 Å². The highest BCUT2D eigenvalue weighted by atomic mass is 16.5. The van der Waals surface area contributed by atoms with Crippen LogP contribution in [0.4, 0.5) is 0 Å². The third kappa shape index (κ3) is 1.47. The molecule has 0 unspecified atom stereocenters. The molecule has 2 aromatic rings. The number of ether oxygens (including phenoxy) is 1. The third-order valence-electron chi connectivity index (χ3n) is 3.38. The number of fused-ring (bicyclic) bond motifs is 3. The van der Waals surface area contributed by atoms with Crippen LogP contribution in [0.3, 0.4) is 0 Å². The van der Waals surface area contributed by atoms with Crippen molar-refractivity contribution in [2.45, 2.75) is 26.4 Å². The molecular weight excluding hydrogens is 228 g/mol. The first kappa shape index (κ1) is 11.1. The molecule has 92 valence electrons. The maximum Gasteiger partial charge on any atom is 0.343 e. The van der Waals surface area contributed by atoms with Gasteiger partial charge in [-0.2, -0.15) is 0 Å². The van der Waals surface area contributed by atoms with Crippen LogP contribution in [-0.2, 0) is 6.42 Å². The first-order valence-corrected chi connectivity index (χ1v) is 5.95. The van der Waals surface area contributed by atoms with Gasteiger partial charge in [-0.3, -0.25) is 0 Å². The SMILES string of the molecule is C=C(C)[C@H]1Cc2c(c3c(C)cccc3oc2=O)O1. The second-order valence-electron chi connectivity index (χ2n) is 4.80. The smallest absolute Gasteiger partial charge is 0.343 e. The van der Waals surface area contributed by atoms with Crippen molar-refractivity contribution in [1.29, 1.82) is 0 Å². The summed E-state index contributed by atoms with van der Waals surface area (Å²) >= 11 is 0. The maximum absolute atomic E-state index is 11.9. The van der Waals surface area contributed by atoms with Gasteiger partial charge in [0.05, 0.1) is 10.9 Å². The van der Waals surface area contributed by atoms with Crippen LogP contribution in [-0.4, -0.2) is 6.10 Å². The van der Waals surface area contributed by atoms with Crippen molar-refractivity contribution < 1.29 is 9.15 Å². The predicted molar refractivity (Wildman–Crippen MR) is 70.2 cm³/mol. The van der Waals surface area contributed by atoms with Crippen molar-refractivity contribution in [2.24, 2.45) is 0 Å². The van der Waals surface area contributed by atoms with Crippen molar-refractivity contribution >= 4 is 11.0 Å². The first-order chi connectivity index (χ1) is 8.58. The highest BCUT2D eigenvalue weighted by molar-refractivity contribution is 5.88. The van der Waals surface area contributed by atoms with E-state index in [1.807, 2.05) is 26.0 Å². The molecule has 0 radical (unpaired) electrons. The van der Waals surface area contributed by atoms with Gasteiger partial charge in [-0.15, -0.1) is 0 Å². The fourth-order valence-corrected chi connectivity index (χ4v) is 2.37. The van der Waals surface area contributed by atoms with Gasteiger partial charge in [-0.1, -0.05) is 18.7 Å². The van der Waals surface area contributed by atoms with Crippen LogP contribution in [0, 0.1) is 6.92 Å². The molecule has 0 bridgehead atoms. The fraction of sp³-hybridized carbons (Fsp3) is 0.267. The minimum absolute atomic E-state index is 0.117. The summed E-state index contributed by atoms with van der Waals surface area (Å²) in [4.78, 5) is 11.9. The van der Waals surface area contributed by atoms with Crippen LogP contribution in [0.15, 0.2) is 39.6 Å². The lowest BCUT2D eigenvalue weighted by molar-refractivity contribution is 0.273. The van der Waals surface area contributed by atoms with Crippen LogP contribution < -0.4 is 10.4 Å². The molecule has 1 aromatic carbocycles. The Morgan fingerprint density at radius 1 is 1.44 bits per heavy atom. The molecule has 0 amide bonds. The van der Waals surface area contributed by atoms with E-state index in [2.05, 4.69) is 6.58 Å². The molecule has 3 heteroatoms. The molecule has 0 saturated carbocycles. The Morgan fingerprint density at radius 3 is 2.94 bits per heavy atom. The first-order valence-electron chi connectivity index (χ1n) is 5.95. The Hall–Kier alpha value is -2.03. The van der Waals surface area contributed by atoms with Gasteiger partial charge in [-0.25, -0.2) is 4.79 Å². The molecule has 1 aromatic heterocycles. The van der Waals surface area contributed by atoms with Crippen LogP contribution >= 0.6 is 0 Å². The molecule has 1 aliphatic heterocycles. The molecular formula is C15H14O3. The number of rotatable bonds is 1. The summed E-state index contributed by atoms with van der Waals surface area (Å²) in [5.41, 5.74) is 2.89. The summed E-state index contributed by atoms with van der Waals surface area (Å²) in [6.07, 6.45) is 0.435. The van der Waals surface area contributed by atoms with E-state index in [1.54, 1.807) is 6.07 Å². The minimum atomic E-state index is -0.299. The summed E-state index contributed by atoms with van der Waals surface area (Å²) in [5, 5.41) is 0.899. The molecule has 3 rings (SSSR count). The number of aryl methyl sites for hydroxylation is 1. The highest BCUT2D eigenvalue weighted by Crippen LogP contribution is 2.37. The topological polar surface area (TPSA) is 39.4 Å². The normalized spacial score (nSPS) is 17.6. The van der Waals surface area contributed by atoms with Crippen molar-refractivity contribution in [3.63, 3.8) is 0 Å². The predicted octanol–water partition coefficient (Wildman–Crippen LogP) is 2.98. The van der Waals surface area contributed by atoms with E-state index in [0.717, 1.165) is 16.5 Å². The second-order valence-corrected chi connectivity index (χ2v) is 4.80. The largest absolute Gasteiger partial charge is 0.484 e. The Kier molecular flexibility index (Phi) is 2.30. The molecule has 18 heavy (non-hydrogen) atoms. The van der Waals surface area contributed by atoms with E-state index in [4.69, 9.17) is 9.15 Å². The third-order valence-corrected chi connectivity index (χ3v) is 3.38. The molecule has 0 spiro atoms. The van der Waals surface area contributed by atoms with E-state index in [1.165, 1.54) is 0 Å². The van der Waals surface area contributed by atoms with E-state index in [9.17, 15) is 4.79 Å². The number of hydrogen-bond donors (Lipinski definition) is 0. The van der Waals surface area contributed by atoms with Crippen molar-refractivity contribution in [2.75, 3.05) is 0 Å². The Bertz CT molecular complexity index is 709. The van der Waals surface area contributed by atoms with Gasteiger partial charge in [0.2, 0.25) is 0 Å².